The van der Waals surface area contributed by atoms with E-state index in [0.29, 0.717) is 13.1 Å². The fourth-order valence-electron chi connectivity index (χ4n) is 3.28. The number of aromatic nitrogens is 2. The molecule has 2 heterocycles. The Morgan fingerprint density at radius 3 is 2.46 bits per heavy atom. The van der Waals surface area contributed by atoms with Crippen LogP contribution in [0.3, 0.4) is 0 Å². The number of ether oxygens (including phenoxy) is 1. The zero-order chi connectivity index (χ0) is 18.7. The monoisotopic (exact) mass is 357 g/mol. The largest absolute Gasteiger partial charge is 0.483 e. The van der Waals surface area contributed by atoms with Crippen molar-refractivity contribution in [3.63, 3.8) is 0 Å². The van der Waals surface area contributed by atoms with E-state index in [4.69, 9.17) is 9.84 Å². The SMILES string of the molecule is Cc1cccc(C)c1OCC(=O)N1CCC(n2cc(C(=O)O)cn2)CC1. The van der Waals surface area contributed by atoms with Crippen LogP contribution in [-0.4, -0.2) is 51.4 Å². The van der Waals surface area contributed by atoms with Crippen LogP contribution in [0.2, 0.25) is 0 Å². The first-order valence-electron chi connectivity index (χ1n) is 8.70. The molecule has 1 aliphatic rings. The quantitative estimate of drug-likeness (QED) is 0.888. The van der Waals surface area contributed by atoms with Crippen LogP contribution in [0.4, 0.5) is 0 Å². The average Bonchev–Trinajstić information content (AvgIpc) is 3.12. The highest BCUT2D eigenvalue weighted by Gasteiger charge is 2.25. The predicted octanol–water partition coefficient (Wildman–Crippen LogP) is 2.44. The number of hydrogen-bond acceptors (Lipinski definition) is 4. The van der Waals surface area contributed by atoms with Gasteiger partial charge in [-0.3, -0.25) is 9.48 Å². The molecule has 3 rings (SSSR count). The Bertz CT molecular complexity index is 787. The molecule has 0 unspecified atom stereocenters. The topological polar surface area (TPSA) is 84.7 Å². The Morgan fingerprint density at radius 2 is 1.88 bits per heavy atom. The molecular formula is C19H23N3O4. The van der Waals surface area contributed by atoms with Crippen molar-refractivity contribution in [1.29, 1.82) is 0 Å². The van der Waals surface area contributed by atoms with Gasteiger partial charge in [0.1, 0.15) is 5.75 Å². The third-order valence-corrected chi connectivity index (χ3v) is 4.79. The van der Waals surface area contributed by atoms with Crippen LogP contribution < -0.4 is 4.74 Å². The number of carboxylic acids is 1. The Kier molecular flexibility index (Phi) is 5.25. The van der Waals surface area contributed by atoms with Gasteiger partial charge in [-0.05, 0) is 37.8 Å². The minimum absolute atomic E-state index is 0.0291. The fourth-order valence-corrected chi connectivity index (χ4v) is 3.28. The van der Waals surface area contributed by atoms with Gasteiger partial charge < -0.3 is 14.7 Å². The fraction of sp³-hybridized carbons (Fsp3) is 0.421. The third kappa shape index (κ3) is 3.87. The summed E-state index contributed by atoms with van der Waals surface area (Å²) in [6.07, 6.45) is 4.40. The molecule has 1 aliphatic heterocycles. The van der Waals surface area contributed by atoms with Crippen molar-refractivity contribution >= 4 is 11.9 Å². The summed E-state index contributed by atoms with van der Waals surface area (Å²) in [7, 11) is 0. The Balaban J connectivity index is 1.52. The van der Waals surface area contributed by atoms with E-state index in [1.54, 1.807) is 15.8 Å². The molecule has 0 atom stereocenters. The van der Waals surface area contributed by atoms with Crippen LogP contribution in [0, 0.1) is 13.8 Å². The van der Waals surface area contributed by atoms with Gasteiger partial charge in [-0.2, -0.15) is 5.10 Å². The van der Waals surface area contributed by atoms with Gasteiger partial charge in [0.2, 0.25) is 0 Å². The highest BCUT2D eigenvalue weighted by atomic mass is 16.5. The second kappa shape index (κ2) is 7.59. The van der Waals surface area contributed by atoms with Crippen LogP contribution in [0.5, 0.6) is 5.75 Å². The summed E-state index contributed by atoms with van der Waals surface area (Å²) in [4.78, 5) is 25.2. The highest BCUT2D eigenvalue weighted by Crippen LogP contribution is 2.24. The number of benzene rings is 1. The number of hydrogen-bond donors (Lipinski definition) is 1. The molecule has 1 fully saturated rings. The van der Waals surface area contributed by atoms with Crippen LogP contribution in [0.25, 0.3) is 0 Å². The summed E-state index contributed by atoms with van der Waals surface area (Å²) in [5.74, 6) is -0.237. The van der Waals surface area contributed by atoms with Crippen LogP contribution in [-0.2, 0) is 4.79 Å². The lowest BCUT2D eigenvalue weighted by molar-refractivity contribution is -0.134. The molecule has 1 aromatic carbocycles. The summed E-state index contributed by atoms with van der Waals surface area (Å²) in [6, 6.07) is 6.02. The second-order valence-electron chi connectivity index (χ2n) is 6.64. The van der Waals surface area contributed by atoms with E-state index in [1.165, 1.54) is 6.20 Å². The minimum Gasteiger partial charge on any atom is -0.483 e. The van der Waals surface area contributed by atoms with Crippen molar-refractivity contribution < 1.29 is 19.4 Å². The molecule has 138 valence electrons. The van der Waals surface area contributed by atoms with Gasteiger partial charge in [-0.25, -0.2) is 4.79 Å². The number of carbonyl (C=O) groups excluding carboxylic acids is 1. The number of carboxylic acid groups (broad SMARTS) is 1. The van der Waals surface area contributed by atoms with Crippen LogP contribution in [0.15, 0.2) is 30.6 Å². The van der Waals surface area contributed by atoms with Crippen LogP contribution >= 0.6 is 0 Å². The first kappa shape index (κ1) is 18.0. The van der Waals surface area contributed by atoms with Gasteiger partial charge >= 0.3 is 5.97 Å². The minimum atomic E-state index is -0.979. The lowest BCUT2D eigenvalue weighted by atomic mass is 10.1. The molecular weight excluding hydrogens is 334 g/mol. The van der Waals surface area contributed by atoms with Crippen molar-refractivity contribution in [1.82, 2.24) is 14.7 Å². The summed E-state index contributed by atoms with van der Waals surface area (Å²) >= 11 is 0. The molecule has 0 aliphatic carbocycles. The lowest BCUT2D eigenvalue weighted by Gasteiger charge is -2.32. The first-order valence-corrected chi connectivity index (χ1v) is 8.70. The number of likely N-dealkylation sites (tertiary alicyclic amines) is 1. The van der Waals surface area contributed by atoms with E-state index >= 15 is 0 Å². The Morgan fingerprint density at radius 1 is 1.23 bits per heavy atom. The van der Waals surface area contributed by atoms with E-state index in [1.807, 2.05) is 32.0 Å². The predicted molar refractivity (Wildman–Crippen MR) is 95.4 cm³/mol. The molecule has 0 bridgehead atoms. The molecule has 1 aromatic heterocycles. The zero-order valence-electron chi connectivity index (χ0n) is 15.0. The van der Waals surface area contributed by atoms with E-state index in [0.717, 1.165) is 29.7 Å². The first-order chi connectivity index (χ1) is 12.5. The Labute approximate surface area is 152 Å². The third-order valence-electron chi connectivity index (χ3n) is 4.79. The molecule has 2 aromatic rings. The Hall–Kier alpha value is -2.83. The molecule has 0 radical (unpaired) electrons. The summed E-state index contributed by atoms with van der Waals surface area (Å²) < 4.78 is 7.44. The van der Waals surface area contributed by atoms with Gasteiger partial charge in [-0.15, -0.1) is 0 Å². The molecule has 0 spiro atoms. The maximum Gasteiger partial charge on any atom is 0.338 e. The molecule has 0 saturated carbocycles. The maximum atomic E-state index is 12.4. The summed E-state index contributed by atoms with van der Waals surface area (Å²) in [6.45, 7) is 5.19. The molecule has 1 saturated heterocycles. The van der Waals surface area contributed by atoms with E-state index < -0.39 is 5.97 Å². The van der Waals surface area contributed by atoms with E-state index in [9.17, 15) is 9.59 Å². The van der Waals surface area contributed by atoms with E-state index in [-0.39, 0.29) is 24.1 Å². The molecule has 7 nitrogen and oxygen atoms in total. The van der Waals surface area contributed by atoms with Crippen molar-refractivity contribution in [3.05, 3.63) is 47.3 Å². The van der Waals surface area contributed by atoms with Gasteiger partial charge in [-0.1, -0.05) is 18.2 Å². The summed E-state index contributed by atoms with van der Waals surface area (Å²) in [5.41, 5.74) is 2.22. The number of aryl methyl sites for hydroxylation is 2. The second-order valence-corrected chi connectivity index (χ2v) is 6.64. The van der Waals surface area contributed by atoms with Gasteiger partial charge in [0.15, 0.2) is 6.61 Å². The van der Waals surface area contributed by atoms with Gasteiger partial charge in [0, 0.05) is 19.3 Å². The van der Waals surface area contributed by atoms with Crippen molar-refractivity contribution in [2.24, 2.45) is 0 Å². The number of nitrogens with zero attached hydrogens (tertiary/aromatic N) is 3. The van der Waals surface area contributed by atoms with Gasteiger partial charge in [0.05, 0.1) is 17.8 Å². The van der Waals surface area contributed by atoms with Crippen molar-refractivity contribution in [2.45, 2.75) is 32.7 Å². The average molecular weight is 357 g/mol. The number of para-hydroxylation sites is 1. The lowest BCUT2D eigenvalue weighted by Crippen LogP contribution is -2.41. The van der Waals surface area contributed by atoms with Crippen molar-refractivity contribution in [2.75, 3.05) is 19.7 Å². The number of aromatic carboxylic acids is 1. The summed E-state index contributed by atoms with van der Waals surface area (Å²) in [5, 5.41) is 13.1. The standard InChI is InChI=1S/C19H23N3O4/c1-13-4-3-5-14(2)18(13)26-12-17(23)21-8-6-16(7-9-21)22-11-15(10-20-22)19(24)25/h3-5,10-11,16H,6-9,12H2,1-2H3,(H,24,25). The highest BCUT2D eigenvalue weighted by molar-refractivity contribution is 5.86. The molecule has 7 heteroatoms. The normalized spacial score (nSPS) is 15.1. The number of amides is 1. The number of carbonyl (C=O) groups is 2. The maximum absolute atomic E-state index is 12.4. The molecule has 1 amide bonds. The molecule has 26 heavy (non-hydrogen) atoms. The number of rotatable bonds is 5. The van der Waals surface area contributed by atoms with Gasteiger partial charge in [0.25, 0.3) is 5.91 Å². The van der Waals surface area contributed by atoms with Crippen molar-refractivity contribution in [3.8, 4) is 5.75 Å². The van der Waals surface area contributed by atoms with E-state index in [2.05, 4.69) is 5.10 Å². The number of piperidine rings is 1. The zero-order valence-corrected chi connectivity index (χ0v) is 15.0. The molecule has 1 N–H and O–H groups in total. The smallest absolute Gasteiger partial charge is 0.338 e. The van der Waals surface area contributed by atoms with Crippen LogP contribution in [0.1, 0.15) is 40.4 Å².